The summed E-state index contributed by atoms with van der Waals surface area (Å²) in [4.78, 5) is 25.3. The monoisotopic (exact) mass is 289 g/mol. The fraction of sp³-hybridized carbons (Fsp3) is 0.214. The molecule has 7 nitrogen and oxygen atoms in total. The van der Waals surface area contributed by atoms with E-state index in [2.05, 4.69) is 18.3 Å². The molecule has 2 heterocycles. The van der Waals surface area contributed by atoms with E-state index in [1.165, 1.54) is 11.2 Å². The van der Waals surface area contributed by atoms with Crippen molar-refractivity contribution in [1.29, 1.82) is 0 Å². The zero-order valence-electron chi connectivity index (χ0n) is 11.4. The van der Waals surface area contributed by atoms with Gasteiger partial charge < -0.3 is 13.7 Å². The van der Waals surface area contributed by atoms with Gasteiger partial charge in [-0.15, -0.1) is 18.3 Å². The lowest BCUT2D eigenvalue weighted by Crippen LogP contribution is -2.36. The second-order valence-corrected chi connectivity index (χ2v) is 4.18. The molecule has 1 amide bonds. The number of hydrogen-bond acceptors (Lipinski definition) is 5. The Hall–Kier alpha value is -2.83. The quantitative estimate of drug-likeness (QED) is 0.717. The van der Waals surface area contributed by atoms with Crippen molar-refractivity contribution in [3.8, 4) is 11.7 Å². The van der Waals surface area contributed by atoms with E-state index in [1.807, 2.05) is 0 Å². The van der Waals surface area contributed by atoms with Gasteiger partial charge in [-0.05, 0) is 12.1 Å². The Kier molecular flexibility index (Phi) is 4.55. The second kappa shape index (κ2) is 6.56. The van der Waals surface area contributed by atoms with E-state index >= 15 is 0 Å². The highest BCUT2D eigenvalue weighted by molar-refractivity contribution is 5.76. The minimum absolute atomic E-state index is 0.0387. The minimum atomic E-state index is -0.716. The molecule has 0 saturated heterocycles. The highest BCUT2D eigenvalue weighted by atomic mass is 16.4. The Morgan fingerprint density at radius 1 is 1.38 bits per heavy atom. The molecule has 7 heteroatoms. The number of nitrogens with zero attached hydrogens (tertiary/aromatic N) is 3. The molecule has 2 aromatic heterocycles. The van der Waals surface area contributed by atoms with Crippen LogP contribution in [0.25, 0.3) is 11.7 Å². The molecule has 0 aromatic carbocycles. The first-order chi connectivity index (χ1) is 10.2. The van der Waals surface area contributed by atoms with Crippen molar-refractivity contribution in [1.82, 2.24) is 14.7 Å². The fourth-order valence-electron chi connectivity index (χ4n) is 1.72. The minimum Gasteiger partial charge on any atom is -0.459 e. The zero-order valence-corrected chi connectivity index (χ0v) is 11.4. The maximum Gasteiger partial charge on any atom is 0.437 e. The molecule has 0 fully saturated rings. The molecule has 0 aliphatic carbocycles. The molecule has 0 saturated carbocycles. The first-order valence-electron chi connectivity index (χ1n) is 6.27. The first-order valence-corrected chi connectivity index (χ1v) is 6.27. The Balaban J connectivity index is 2.15. The molecule has 0 aliphatic rings. The van der Waals surface area contributed by atoms with Crippen molar-refractivity contribution in [3.05, 3.63) is 54.3 Å². The van der Waals surface area contributed by atoms with Gasteiger partial charge in [-0.2, -0.15) is 4.68 Å². The van der Waals surface area contributed by atoms with Gasteiger partial charge in [0.1, 0.15) is 6.54 Å². The number of carbonyl (C=O) groups is 1. The molecule has 0 unspecified atom stereocenters. The SMILES string of the molecule is C=CCN(CC=C)C(=O)Cn1nc(-c2ccco2)oc1=O. The van der Waals surface area contributed by atoms with E-state index in [9.17, 15) is 9.59 Å². The summed E-state index contributed by atoms with van der Waals surface area (Å²) >= 11 is 0. The summed E-state index contributed by atoms with van der Waals surface area (Å²) in [7, 11) is 0. The molecular formula is C14H15N3O4. The van der Waals surface area contributed by atoms with Crippen LogP contribution in [-0.4, -0.2) is 33.7 Å². The molecule has 2 rings (SSSR count). The van der Waals surface area contributed by atoms with Crippen LogP contribution in [0.5, 0.6) is 0 Å². The van der Waals surface area contributed by atoms with E-state index in [0.717, 1.165) is 4.68 Å². The van der Waals surface area contributed by atoms with Crippen LogP contribution in [0.4, 0.5) is 0 Å². The number of carbonyl (C=O) groups excluding carboxylic acids is 1. The number of hydrogen-bond donors (Lipinski definition) is 0. The summed E-state index contributed by atoms with van der Waals surface area (Å²) in [6.07, 6.45) is 4.64. The van der Waals surface area contributed by atoms with E-state index in [4.69, 9.17) is 8.83 Å². The predicted octanol–water partition coefficient (Wildman–Crippen LogP) is 1.30. The van der Waals surface area contributed by atoms with E-state index in [-0.39, 0.29) is 18.3 Å². The second-order valence-electron chi connectivity index (χ2n) is 4.18. The van der Waals surface area contributed by atoms with Gasteiger partial charge in [0.05, 0.1) is 6.26 Å². The van der Waals surface area contributed by atoms with E-state index in [1.54, 1.807) is 24.3 Å². The number of aromatic nitrogens is 2. The Morgan fingerprint density at radius 2 is 2.10 bits per heavy atom. The summed E-state index contributed by atoms with van der Waals surface area (Å²) in [5, 5.41) is 3.94. The Morgan fingerprint density at radius 3 is 2.67 bits per heavy atom. The number of amides is 1. The fourth-order valence-corrected chi connectivity index (χ4v) is 1.72. The van der Waals surface area contributed by atoms with Gasteiger partial charge in [0.2, 0.25) is 5.91 Å². The van der Waals surface area contributed by atoms with E-state index in [0.29, 0.717) is 18.8 Å². The highest BCUT2D eigenvalue weighted by Crippen LogP contribution is 2.14. The predicted molar refractivity (Wildman–Crippen MR) is 75.4 cm³/mol. The van der Waals surface area contributed by atoms with Crippen LogP contribution in [-0.2, 0) is 11.3 Å². The molecule has 0 radical (unpaired) electrons. The van der Waals surface area contributed by atoms with Crippen LogP contribution in [0.1, 0.15) is 0 Å². The Bertz CT molecular complexity index is 671. The van der Waals surface area contributed by atoms with Gasteiger partial charge in [0.25, 0.3) is 5.89 Å². The number of rotatable bonds is 7. The van der Waals surface area contributed by atoms with Crippen molar-refractivity contribution in [2.75, 3.05) is 13.1 Å². The van der Waals surface area contributed by atoms with Crippen LogP contribution >= 0.6 is 0 Å². The summed E-state index contributed by atoms with van der Waals surface area (Å²) in [5.41, 5.74) is 0. The van der Waals surface area contributed by atoms with Crippen molar-refractivity contribution in [2.45, 2.75) is 6.54 Å². The van der Waals surface area contributed by atoms with Crippen LogP contribution < -0.4 is 5.76 Å². The smallest absolute Gasteiger partial charge is 0.437 e. The third-order valence-corrected chi connectivity index (χ3v) is 2.67. The topological polar surface area (TPSA) is 81.5 Å². The molecule has 0 N–H and O–H groups in total. The molecule has 110 valence electrons. The molecule has 2 aromatic rings. The highest BCUT2D eigenvalue weighted by Gasteiger charge is 2.17. The lowest BCUT2D eigenvalue weighted by Gasteiger charge is -2.18. The Labute approximate surface area is 120 Å². The van der Waals surface area contributed by atoms with Crippen molar-refractivity contribution in [3.63, 3.8) is 0 Å². The van der Waals surface area contributed by atoms with Gasteiger partial charge >= 0.3 is 5.76 Å². The average Bonchev–Trinajstić information content (AvgIpc) is 3.09. The largest absolute Gasteiger partial charge is 0.459 e. The molecule has 0 spiro atoms. The third-order valence-electron chi connectivity index (χ3n) is 2.67. The molecule has 0 aliphatic heterocycles. The summed E-state index contributed by atoms with van der Waals surface area (Å²) < 4.78 is 11.0. The average molecular weight is 289 g/mol. The normalized spacial score (nSPS) is 10.3. The van der Waals surface area contributed by atoms with Gasteiger partial charge in [-0.1, -0.05) is 12.2 Å². The summed E-state index contributed by atoms with van der Waals surface area (Å²) in [5.74, 6) is -0.632. The van der Waals surface area contributed by atoms with Gasteiger partial charge in [0.15, 0.2) is 5.76 Å². The third kappa shape index (κ3) is 3.38. The lowest BCUT2D eigenvalue weighted by atomic mass is 10.4. The summed E-state index contributed by atoms with van der Waals surface area (Å²) in [6.45, 7) is 7.68. The lowest BCUT2D eigenvalue weighted by molar-refractivity contribution is -0.131. The van der Waals surface area contributed by atoms with Gasteiger partial charge in [-0.3, -0.25) is 4.79 Å². The first kappa shape index (κ1) is 14.6. The van der Waals surface area contributed by atoms with Crippen LogP contribution in [0.3, 0.4) is 0 Å². The molecular weight excluding hydrogens is 274 g/mol. The van der Waals surface area contributed by atoms with Crippen molar-refractivity contribution >= 4 is 5.91 Å². The van der Waals surface area contributed by atoms with Gasteiger partial charge in [-0.25, -0.2) is 4.79 Å². The van der Waals surface area contributed by atoms with Crippen molar-refractivity contribution < 1.29 is 13.6 Å². The zero-order chi connectivity index (χ0) is 15.2. The standard InChI is InChI=1S/C14H15N3O4/c1-3-7-16(8-4-2)12(18)10-17-14(19)21-13(15-17)11-6-5-9-20-11/h3-6,9H,1-2,7-8,10H2. The van der Waals surface area contributed by atoms with Crippen molar-refractivity contribution in [2.24, 2.45) is 0 Å². The van der Waals surface area contributed by atoms with E-state index < -0.39 is 5.76 Å². The molecule has 21 heavy (non-hydrogen) atoms. The number of furan rings is 1. The molecule has 0 atom stereocenters. The van der Waals surface area contributed by atoms with Gasteiger partial charge in [0, 0.05) is 13.1 Å². The summed E-state index contributed by atoms with van der Waals surface area (Å²) in [6, 6.07) is 3.26. The van der Waals surface area contributed by atoms with Crippen LogP contribution in [0.15, 0.2) is 57.3 Å². The molecule has 0 bridgehead atoms. The maximum atomic E-state index is 12.1. The maximum absolute atomic E-state index is 12.1. The van der Waals surface area contributed by atoms with Crippen LogP contribution in [0.2, 0.25) is 0 Å². The van der Waals surface area contributed by atoms with Crippen LogP contribution in [0, 0.1) is 0 Å².